The molecular weight excluding hydrogens is 338 g/mol. The van der Waals surface area contributed by atoms with Crippen molar-refractivity contribution < 1.29 is 23.9 Å². The number of hydrogen-bond donors (Lipinski definition) is 2. The van der Waals surface area contributed by atoms with Crippen LogP contribution < -0.4 is 10.6 Å². The van der Waals surface area contributed by atoms with Gasteiger partial charge in [-0.3, -0.25) is 4.79 Å². The van der Waals surface area contributed by atoms with Gasteiger partial charge in [-0.2, -0.15) is 0 Å². The molecule has 0 spiro atoms. The van der Waals surface area contributed by atoms with E-state index in [1.54, 1.807) is 31.1 Å². The smallest absolute Gasteiger partial charge is 0.350 e. The molecule has 1 fully saturated rings. The van der Waals surface area contributed by atoms with E-state index in [1.165, 1.54) is 20.0 Å². The van der Waals surface area contributed by atoms with Gasteiger partial charge in [0.05, 0.1) is 17.9 Å². The van der Waals surface area contributed by atoms with Gasteiger partial charge in [-0.25, -0.2) is 9.59 Å². The summed E-state index contributed by atoms with van der Waals surface area (Å²) in [5.41, 5.74) is 1.75. The average Bonchev–Trinajstić information content (AvgIpc) is 2.46. The van der Waals surface area contributed by atoms with Gasteiger partial charge in [0, 0.05) is 20.0 Å². The van der Waals surface area contributed by atoms with E-state index in [9.17, 15) is 14.4 Å². The Morgan fingerprint density at radius 2 is 1.77 bits per heavy atom. The number of rotatable bonds is 5. The maximum atomic E-state index is 12.0. The number of aryl methyl sites for hydroxylation is 1. The van der Waals surface area contributed by atoms with Crippen LogP contribution >= 0.6 is 0 Å². The van der Waals surface area contributed by atoms with Crippen LogP contribution in [0, 0.1) is 6.92 Å². The number of likely N-dealkylation sites (N-methyl/N-ethyl adjacent to an activating group) is 1. The molecule has 0 saturated carbocycles. The largest absolute Gasteiger partial charge is 0.419 e. The number of esters is 2. The fourth-order valence-corrected chi connectivity index (χ4v) is 2.29. The molecule has 1 heterocycles. The quantitative estimate of drug-likeness (QED) is 0.467. The Labute approximate surface area is 152 Å². The molecule has 2 rings (SSSR count). The Morgan fingerprint density at radius 1 is 1.15 bits per heavy atom. The molecule has 1 saturated heterocycles. The fourth-order valence-electron chi connectivity index (χ4n) is 2.29. The zero-order valence-electron chi connectivity index (χ0n) is 15.5. The first-order valence-electron chi connectivity index (χ1n) is 8.06. The van der Waals surface area contributed by atoms with Crippen molar-refractivity contribution in [3.8, 4) is 0 Å². The molecular formula is C18H23N3O5. The maximum Gasteiger partial charge on any atom is 0.350 e. The van der Waals surface area contributed by atoms with E-state index in [0.717, 1.165) is 5.56 Å². The number of ether oxygens (including phenoxy) is 2. The molecule has 0 unspecified atom stereocenters. The predicted octanol–water partition coefficient (Wildman–Crippen LogP) is 1.63. The highest BCUT2D eigenvalue weighted by Gasteiger charge is 2.38. The van der Waals surface area contributed by atoms with Crippen molar-refractivity contribution in [1.29, 1.82) is 0 Å². The van der Waals surface area contributed by atoms with Crippen LogP contribution in [0.25, 0.3) is 0 Å². The number of anilines is 2. The number of benzene rings is 1. The van der Waals surface area contributed by atoms with Crippen molar-refractivity contribution in [2.75, 3.05) is 31.3 Å². The summed E-state index contributed by atoms with van der Waals surface area (Å²) in [6.45, 7) is 5.06. The second-order valence-electron chi connectivity index (χ2n) is 6.72. The van der Waals surface area contributed by atoms with Gasteiger partial charge in [-0.15, -0.1) is 0 Å². The van der Waals surface area contributed by atoms with Crippen LogP contribution in [0.15, 0.2) is 30.0 Å². The first-order chi connectivity index (χ1) is 12.1. The van der Waals surface area contributed by atoms with Crippen LogP contribution in [-0.4, -0.2) is 49.2 Å². The van der Waals surface area contributed by atoms with Gasteiger partial charge in [-0.05, 0) is 38.7 Å². The van der Waals surface area contributed by atoms with Crippen LogP contribution in [-0.2, 0) is 23.9 Å². The number of nitrogens with one attached hydrogen (secondary N) is 2. The van der Waals surface area contributed by atoms with Gasteiger partial charge in [0.25, 0.3) is 5.79 Å². The second kappa shape index (κ2) is 7.57. The molecule has 26 heavy (non-hydrogen) atoms. The number of hydrogen-bond acceptors (Lipinski definition) is 7. The molecule has 0 aromatic heterocycles. The van der Waals surface area contributed by atoms with Crippen LogP contribution in [0.2, 0.25) is 0 Å². The molecule has 1 amide bonds. The Hall–Kier alpha value is -2.87. The predicted molar refractivity (Wildman–Crippen MR) is 96.3 cm³/mol. The summed E-state index contributed by atoms with van der Waals surface area (Å²) in [5.74, 6) is -3.03. The highest BCUT2D eigenvalue weighted by atomic mass is 16.7. The molecule has 8 heteroatoms. The topological polar surface area (TPSA) is 97.0 Å². The Bertz CT molecular complexity index is 746. The molecule has 0 aliphatic carbocycles. The minimum atomic E-state index is -1.29. The van der Waals surface area contributed by atoms with Crippen molar-refractivity contribution in [1.82, 2.24) is 4.90 Å². The van der Waals surface area contributed by atoms with E-state index < -0.39 is 17.7 Å². The molecule has 1 aromatic rings. The summed E-state index contributed by atoms with van der Waals surface area (Å²) in [6, 6.07) is 5.37. The standard InChI is InChI=1S/C18H23N3O5/c1-11-6-7-13(20-15(22)10-21(4)5)14(8-11)19-9-12-16(23)25-18(2,3)26-17(12)24/h6-9,19H,10H2,1-5H3,(H,20,22). The lowest BCUT2D eigenvalue weighted by molar-refractivity contribution is -0.222. The summed E-state index contributed by atoms with van der Waals surface area (Å²) in [4.78, 5) is 37.7. The SMILES string of the molecule is Cc1ccc(NC(=O)CN(C)C)c(NC=C2C(=O)OC(C)(C)OC2=O)c1. The third-order valence-electron chi connectivity index (χ3n) is 3.40. The zero-order chi connectivity index (χ0) is 19.5. The van der Waals surface area contributed by atoms with Crippen LogP contribution in [0.5, 0.6) is 0 Å². The Morgan fingerprint density at radius 3 is 2.35 bits per heavy atom. The van der Waals surface area contributed by atoms with Crippen LogP contribution in [0.4, 0.5) is 11.4 Å². The highest BCUT2D eigenvalue weighted by molar-refractivity contribution is 6.15. The third-order valence-corrected chi connectivity index (χ3v) is 3.40. The fraction of sp³-hybridized carbons (Fsp3) is 0.389. The van der Waals surface area contributed by atoms with Gasteiger partial charge in [0.2, 0.25) is 5.91 Å². The van der Waals surface area contributed by atoms with Crippen molar-refractivity contribution >= 4 is 29.2 Å². The number of cyclic esters (lactones) is 2. The number of carbonyl (C=O) groups excluding carboxylic acids is 3. The molecule has 8 nitrogen and oxygen atoms in total. The molecule has 0 atom stereocenters. The molecule has 0 bridgehead atoms. The van der Waals surface area contributed by atoms with Crippen molar-refractivity contribution in [3.63, 3.8) is 0 Å². The first-order valence-corrected chi connectivity index (χ1v) is 8.06. The third kappa shape index (κ3) is 5.06. The number of carbonyl (C=O) groups is 3. The van der Waals surface area contributed by atoms with Crippen LogP contribution in [0.1, 0.15) is 19.4 Å². The lowest BCUT2D eigenvalue weighted by atomic mass is 10.1. The zero-order valence-corrected chi connectivity index (χ0v) is 15.5. The van der Waals surface area contributed by atoms with E-state index in [-0.39, 0.29) is 18.0 Å². The second-order valence-corrected chi connectivity index (χ2v) is 6.72. The van der Waals surface area contributed by atoms with Crippen molar-refractivity contribution in [2.45, 2.75) is 26.6 Å². The van der Waals surface area contributed by atoms with E-state index in [0.29, 0.717) is 11.4 Å². The lowest BCUT2D eigenvalue weighted by Gasteiger charge is -2.29. The monoisotopic (exact) mass is 361 g/mol. The van der Waals surface area contributed by atoms with Crippen LogP contribution in [0.3, 0.4) is 0 Å². The van der Waals surface area contributed by atoms with E-state index in [1.807, 2.05) is 13.0 Å². The molecule has 140 valence electrons. The van der Waals surface area contributed by atoms with E-state index >= 15 is 0 Å². The minimum absolute atomic E-state index is 0.187. The number of nitrogens with zero attached hydrogens (tertiary/aromatic N) is 1. The van der Waals surface area contributed by atoms with E-state index in [2.05, 4.69) is 10.6 Å². The molecule has 1 aromatic carbocycles. The van der Waals surface area contributed by atoms with E-state index in [4.69, 9.17) is 9.47 Å². The normalized spacial score (nSPS) is 16.0. The van der Waals surface area contributed by atoms with Crippen molar-refractivity contribution in [2.24, 2.45) is 0 Å². The van der Waals surface area contributed by atoms with Gasteiger partial charge in [0.1, 0.15) is 0 Å². The summed E-state index contributed by atoms with van der Waals surface area (Å²) < 4.78 is 10.1. The van der Waals surface area contributed by atoms with Gasteiger partial charge in [-0.1, -0.05) is 6.07 Å². The summed E-state index contributed by atoms with van der Waals surface area (Å²) >= 11 is 0. The average molecular weight is 361 g/mol. The van der Waals surface area contributed by atoms with Gasteiger partial charge >= 0.3 is 11.9 Å². The first kappa shape index (κ1) is 19.5. The summed E-state index contributed by atoms with van der Waals surface area (Å²) in [5, 5.41) is 5.67. The Kier molecular flexibility index (Phi) is 5.66. The maximum absolute atomic E-state index is 12.0. The summed E-state index contributed by atoms with van der Waals surface area (Å²) in [6.07, 6.45) is 1.22. The molecule has 2 N–H and O–H groups in total. The van der Waals surface area contributed by atoms with Gasteiger partial charge in [0.15, 0.2) is 5.57 Å². The number of amides is 1. The minimum Gasteiger partial charge on any atom is -0.419 e. The molecule has 0 radical (unpaired) electrons. The van der Waals surface area contributed by atoms with Crippen molar-refractivity contribution in [3.05, 3.63) is 35.5 Å². The molecule has 1 aliphatic heterocycles. The van der Waals surface area contributed by atoms with Gasteiger partial charge < -0.3 is 25.0 Å². The summed E-state index contributed by atoms with van der Waals surface area (Å²) in [7, 11) is 3.58. The Balaban J connectivity index is 2.21. The molecule has 1 aliphatic rings. The highest BCUT2D eigenvalue weighted by Crippen LogP contribution is 2.26. The lowest BCUT2D eigenvalue weighted by Crippen LogP contribution is -2.42.